The summed E-state index contributed by atoms with van der Waals surface area (Å²) in [5.74, 6) is 1.12. The number of nitrogens with one attached hydrogen (secondary N) is 2. The molecule has 0 saturated heterocycles. The highest BCUT2D eigenvalue weighted by atomic mass is 35.5. The molecule has 3 unspecified atom stereocenters. The monoisotopic (exact) mass is 342 g/mol. The van der Waals surface area contributed by atoms with Crippen molar-refractivity contribution >= 4 is 29.4 Å². The number of thioether (sulfide) groups is 1. The van der Waals surface area contributed by atoms with Crippen LogP contribution in [-0.2, 0) is 0 Å². The quantitative estimate of drug-likeness (QED) is 0.743. The summed E-state index contributed by atoms with van der Waals surface area (Å²) < 4.78 is 0. The van der Waals surface area contributed by atoms with Gasteiger partial charge in [0.1, 0.15) is 0 Å². The fourth-order valence-corrected chi connectivity index (χ4v) is 4.14. The van der Waals surface area contributed by atoms with Crippen molar-refractivity contribution in [2.24, 2.45) is 0 Å². The first kappa shape index (κ1) is 17.4. The number of halogens is 1. The summed E-state index contributed by atoms with van der Waals surface area (Å²) in [6.07, 6.45) is 2.41. The van der Waals surface area contributed by atoms with Crippen molar-refractivity contribution in [3.8, 4) is 0 Å². The second kappa shape index (κ2) is 8.65. The van der Waals surface area contributed by atoms with E-state index in [0.29, 0.717) is 15.8 Å². The van der Waals surface area contributed by atoms with Crippen LogP contribution in [-0.4, -0.2) is 34.7 Å². The smallest absolute Gasteiger partial charge is 0.315 e. The number of hydrogen-bond acceptors (Lipinski definition) is 3. The lowest BCUT2D eigenvalue weighted by Gasteiger charge is -2.17. The van der Waals surface area contributed by atoms with Crippen LogP contribution in [0, 0.1) is 0 Å². The molecule has 122 valence electrons. The zero-order chi connectivity index (χ0) is 15.9. The minimum absolute atomic E-state index is 0.148. The molecule has 1 aliphatic carbocycles. The van der Waals surface area contributed by atoms with Crippen molar-refractivity contribution in [2.75, 3.05) is 12.3 Å². The topological polar surface area (TPSA) is 61.4 Å². The van der Waals surface area contributed by atoms with Gasteiger partial charge in [-0.2, -0.15) is 11.8 Å². The molecule has 22 heavy (non-hydrogen) atoms. The lowest BCUT2D eigenvalue weighted by Crippen LogP contribution is -2.42. The third-order valence-electron chi connectivity index (χ3n) is 3.84. The minimum atomic E-state index is -0.800. The van der Waals surface area contributed by atoms with Crippen LogP contribution in [0.15, 0.2) is 24.3 Å². The maximum Gasteiger partial charge on any atom is 0.315 e. The molecule has 2 amide bonds. The van der Waals surface area contributed by atoms with Crippen LogP contribution >= 0.6 is 23.4 Å². The van der Waals surface area contributed by atoms with Gasteiger partial charge in [-0.25, -0.2) is 4.79 Å². The van der Waals surface area contributed by atoms with E-state index in [1.807, 2.05) is 23.9 Å². The molecule has 6 heteroatoms. The summed E-state index contributed by atoms with van der Waals surface area (Å²) in [5.41, 5.74) is 0.629. The minimum Gasteiger partial charge on any atom is -0.387 e. The Morgan fingerprint density at radius 2 is 2.23 bits per heavy atom. The molecule has 0 bridgehead atoms. The molecule has 0 spiro atoms. The first-order valence-corrected chi connectivity index (χ1v) is 9.11. The van der Waals surface area contributed by atoms with E-state index in [9.17, 15) is 9.90 Å². The predicted molar refractivity (Wildman–Crippen MR) is 92.5 cm³/mol. The van der Waals surface area contributed by atoms with Gasteiger partial charge in [-0.3, -0.25) is 0 Å². The Balaban J connectivity index is 1.73. The second-order valence-corrected chi connectivity index (χ2v) is 7.46. The molecule has 0 radical (unpaired) electrons. The molecule has 0 heterocycles. The molecule has 3 atom stereocenters. The lowest BCUT2D eigenvalue weighted by atomic mass is 10.1. The summed E-state index contributed by atoms with van der Waals surface area (Å²) in [5, 5.41) is 17.0. The Bertz CT molecular complexity index is 501. The molecule has 4 nitrogen and oxygen atoms in total. The summed E-state index contributed by atoms with van der Waals surface area (Å²) >= 11 is 7.99. The zero-order valence-electron chi connectivity index (χ0n) is 12.7. The number of urea groups is 1. The predicted octanol–water partition coefficient (Wildman–Crippen LogP) is 3.35. The van der Waals surface area contributed by atoms with Gasteiger partial charge in [0.05, 0.1) is 6.10 Å². The molecule has 3 N–H and O–H groups in total. The van der Waals surface area contributed by atoms with Crippen molar-refractivity contribution in [1.29, 1.82) is 0 Å². The van der Waals surface area contributed by atoms with Crippen LogP contribution < -0.4 is 10.6 Å². The van der Waals surface area contributed by atoms with Gasteiger partial charge >= 0.3 is 6.03 Å². The van der Waals surface area contributed by atoms with Gasteiger partial charge in [-0.1, -0.05) is 36.7 Å². The molecule has 0 aromatic heterocycles. The highest BCUT2D eigenvalue weighted by Gasteiger charge is 2.25. The van der Waals surface area contributed by atoms with E-state index in [-0.39, 0.29) is 18.6 Å². The van der Waals surface area contributed by atoms with Crippen LogP contribution in [0.3, 0.4) is 0 Å². The van der Waals surface area contributed by atoms with Gasteiger partial charge in [0, 0.05) is 28.4 Å². The molecular formula is C16H23ClN2O2S. The van der Waals surface area contributed by atoms with Crippen molar-refractivity contribution < 1.29 is 9.90 Å². The molecule has 2 rings (SSSR count). The van der Waals surface area contributed by atoms with Gasteiger partial charge < -0.3 is 15.7 Å². The largest absolute Gasteiger partial charge is 0.387 e. The third-order valence-corrected chi connectivity index (χ3v) is 5.42. The number of hydrogen-bond donors (Lipinski definition) is 3. The first-order chi connectivity index (χ1) is 10.6. The molecule has 1 fully saturated rings. The Hall–Kier alpha value is -0.910. The van der Waals surface area contributed by atoms with Crippen molar-refractivity contribution in [3.05, 3.63) is 34.9 Å². The van der Waals surface area contributed by atoms with Gasteiger partial charge in [-0.05, 0) is 31.1 Å². The Labute approximate surface area is 141 Å². The Kier molecular flexibility index (Phi) is 6.86. The van der Waals surface area contributed by atoms with E-state index >= 15 is 0 Å². The van der Waals surface area contributed by atoms with Gasteiger partial charge in [0.25, 0.3) is 0 Å². The van der Waals surface area contributed by atoms with E-state index in [1.54, 1.807) is 12.1 Å². The maximum atomic E-state index is 11.9. The Morgan fingerprint density at radius 1 is 1.45 bits per heavy atom. The average molecular weight is 343 g/mol. The number of rotatable bonds is 6. The zero-order valence-corrected chi connectivity index (χ0v) is 14.3. The van der Waals surface area contributed by atoms with Crippen molar-refractivity contribution in [2.45, 2.75) is 43.6 Å². The van der Waals surface area contributed by atoms with E-state index in [0.717, 1.165) is 25.0 Å². The SMILES string of the molecule is CCSC1CCC(NC(=O)NCC(O)c2ccccc2Cl)C1. The van der Waals surface area contributed by atoms with Crippen LogP contribution in [0.2, 0.25) is 5.02 Å². The number of aliphatic hydroxyl groups is 1. The summed E-state index contributed by atoms with van der Waals surface area (Å²) in [6, 6.07) is 7.12. The number of amides is 2. The first-order valence-electron chi connectivity index (χ1n) is 7.68. The normalized spacial score (nSPS) is 22.3. The highest BCUT2D eigenvalue weighted by molar-refractivity contribution is 7.99. The number of benzene rings is 1. The van der Waals surface area contributed by atoms with Gasteiger partial charge in [-0.15, -0.1) is 0 Å². The molecule has 1 aromatic rings. The average Bonchev–Trinajstić information content (AvgIpc) is 2.93. The van der Waals surface area contributed by atoms with E-state index in [2.05, 4.69) is 17.6 Å². The van der Waals surface area contributed by atoms with Gasteiger partial charge in [0.2, 0.25) is 0 Å². The highest BCUT2D eigenvalue weighted by Crippen LogP contribution is 2.29. The van der Waals surface area contributed by atoms with E-state index in [4.69, 9.17) is 11.6 Å². The van der Waals surface area contributed by atoms with Crippen molar-refractivity contribution in [1.82, 2.24) is 10.6 Å². The maximum absolute atomic E-state index is 11.9. The number of carbonyl (C=O) groups excluding carboxylic acids is 1. The molecule has 0 aliphatic heterocycles. The molecular weight excluding hydrogens is 320 g/mol. The summed E-state index contributed by atoms with van der Waals surface area (Å²) in [4.78, 5) is 11.9. The summed E-state index contributed by atoms with van der Waals surface area (Å²) in [7, 11) is 0. The second-order valence-electron chi connectivity index (χ2n) is 5.48. The van der Waals surface area contributed by atoms with Gasteiger partial charge in [0.15, 0.2) is 0 Å². The number of carbonyl (C=O) groups is 1. The fraction of sp³-hybridized carbons (Fsp3) is 0.562. The lowest BCUT2D eigenvalue weighted by molar-refractivity contribution is 0.172. The standard InChI is InChI=1S/C16H23ClN2O2S/c1-2-22-12-8-7-11(9-12)19-16(21)18-10-15(20)13-5-3-4-6-14(13)17/h3-6,11-12,15,20H,2,7-10H2,1H3,(H2,18,19,21). The van der Waals surface area contributed by atoms with Crippen LogP contribution in [0.5, 0.6) is 0 Å². The Morgan fingerprint density at radius 3 is 2.95 bits per heavy atom. The van der Waals surface area contributed by atoms with Crippen LogP contribution in [0.4, 0.5) is 4.79 Å². The fourth-order valence-electron chi connectivity index (χ4n) is 2.74. The van der Waals surface area contributed by atoms with Crippen molar-refractivity contribution in [3.63, 3.8) is 0 Å². The van der Waals surface area contributed by atoms with E-state index < -0.39 is 6.10 Å². The van der Waals surface area contributed by atoms with E-state index in [1.165, 1.54) is 0 Å². The molecule has 1 aliphatic rings. The molecule has 1 aromatic carbocycles. The third kappa shape index (κ3) is 5.07. The summed E-state index contributed by atoms with van der Waals surface area (Å²) in [6.45, 7) is 2.31. The van der Waals surface area contributed by atoms with Crippen LogP contribution in [0.1, 0.15) is 37.9 Å². The van der Waals surface area contributed by atoms with Crippen LogP contribution in [0.25, 0.3) is 0 Å². The number of aliphatic hydroxyl groups excluding tert-OH is 1. The molecule has 1 saturated carbocycles.